The van der Waals surface area contributed by atoms with Crippen molar-refractivity contribution in [3.8, 4) is 23.1 Å². The fraction of sp³-hybridized carbons (Fsp3) is 0.571. The van der Waals surface area contributed by atoms with E-state index in [0.29, 0.717) is 19.4 Å². The van der Waals surface area contributed by atoms with Crippen LogP contribution in [-0.4, -0.2) is 81.9 Å². The number of nitrogens with two attached hydrogens (primary N) is 1. The Kier molecular flexibility index (Phi) is 7.61. The van der Waals surface area contributed by atoms with Crippen molar-refractivity contribution in [2.45, 2.75) is 69.9 Å². The summed E-state index contributed by atoms with van der Waals surface area (Å²) in [5, 5.41) is -0.187. The minimum atomic E-state index is -4.95. The zero-order valence-electron chi connectivity index (χ0n) is 23.9. The number of rotatable bonds is 7. The smallest absolute Gasteiger partial charge is 0.418 e. The lowest BCUT2D eigenvalue weighted by molar-refractivity contribution is -0.137. The molecular weight excluding hydrogens is 599 g/mol. The maximum atomic E-state index is 16.5. The quantitative estimate of drug-likeness (QED) is 0.348. The van der Waals surface area contributed by atoms with Crippen LogP contribution in [0.3, 0.4) is 0 Å². The number of anilines is 2. The van der Waals surface area contributed by atoms with Crippen molar-refractivity contribution in [3.05, 3.63) is 23.1 Å². The summed E-state index contributed by atoms with van der Waals surface area (Å²) in [5.41, 5.74) is 1.40. The highest BCUT2D eigenvalue weighted by Gasteiger charge is 2.49. The van der Waals surface area contributed by atoms with Crippen molar-refractivity contribution < 1.29 is 40.2 Å². The van der Waals surface area contributed by atoms with Crippen molar-refractivity contribution in [3.63, 3.8) is 0 Å². The van der Waals surface area contributed by atoms with Gasteiger partial charge in [-0.2, -0.15) is 23.1 Å². The van der Waals surface area contributed by atoms with Gasteiger partial charge in [-0.05, 0) is 38.8 Å². The standard InChI is InChI=1S/C28H30F7N7O2/c1-3-15-11-43-25-19-23(21(32)22(38-25)16-7-18(36)37-13(2)20(16)28(33,34)35)39-26(40-24(19)42(15)10-17(30)31)44-12-27-5-4-6-41(27)9-14(29)8-27/h7,14-15,17H,3-6,8-12H2,1-2H3,(H2,36,37)/t14?,15-,27-/m0/s1. The molecule has 0 saturated carbocycles. The van der Waals surface area contributed by atoms with Crippen molar-refractivity contribution in [1.29, 1.82) is 0 Å². The van der Waals surface area contributed by atoms with E-state index in [-0.39, 0.29) is 49.1 Å². The molecule has 3 atom stereocenters. The number of aryl methyl sites for hydroxylation is 1. The van der Waals surface area contributed by atoms with E-state index < -0.39 is 76.8 Å². The van der Waals surface area contributed by atoms with Crippen LogP contribution >= 0.6 is 0 Å². The molecule has 0 bridgehead atoms. The number of nitrogen functional groups attached to an aromatic ring is 1. The molecule has 0 radical (unpaired) electrons. The van der Waals surface area contributed by atoms with Crippen LogP contribution in [0.5, 0.6) is 11.9 Å². The molecule has 3 aliphatic rings. The molecule has 2 fully saturated rings. The molecule has 3 aromatic rings. The average Bonchev–Trinajstić information content (AvgIpc) is 3.41. The molecule has 0 aliphatic carbocycles. The van der Waals surface area contributed by atoms with Crippen LogP contribution in [-0.2, 0) is 6.18 Å². The second-order valence-corrected chi connectivity index (χ2v) is 11.5. The van der Waals surface area contributed by atoms with Crippen LogP contribution in [0.15, 0.2) is 6.07 Å². The number of halogens is 7. The third-order valence-electron chi connectivity index (χ3n) is 8.63. The van der Waals surface area contributed by atoms with Crippen LogP contribution in [0.2, 0.25) is 0 Å². The van der Waals surface area contributed by atoms with E-state index in [0.717, 1.165) is 19.4 Å². The predicted octanol–water partition coefficient (Wildman–Crippen LogP) is 5.33. The fourth-order valence-corrected chi connectivity index (χ4v) is 6.71. The number of nitrogens with zero attached hydrogens (tertiary/aromatic N) is 6. The lowest BCUT2D eigenvalue weighted by Gasteiger charge is -2.32. The Morgan fingerprint density at radius 1 is 1.20 bits per heavy atom. The maximum Gasteiger partial charge on any atom is 0.418 e. The number of alkyl halides is 6. The van der Waals surface area contributed by atoms with Crippen molar-refractivity contribution in [2.75, 3.05) is 43.5 Å². The molecule has 0 amide bonds. The highest BCUT2D eigenvalue weighted by molar-refractivity contribution is 5.97. The third-order valence-corrected chi connectivity index (χ3v) is 8.63. The molecule has 3 aromatic heterocycles. The average molecular weight is 630 g/mol. The molecule has 0 aromatic carbocycles. The zero-order valence-corrected chi connectivity index (χ0v) is 23.9. The first-order valence-electron chi connectivity index (χ1n) is 14.3. The van der Waals surface area contributed by atoms with Gasteiger partial charge in [0.2, 0.25) is 5.88 Å². The summed E-state index contributed by atoms with van der Waals surface area (Å²) in [6.07, 6.45) is -6.84. The lowest BCUT2D eigenvalue weighted by Crippen LogP contribution is -2.44. The third kappa shape index (κ3) is 5.20. The van der Waals surface area contributed by atoms with Gasteiger partial charge in [-0.25, -0.2) is 27.5 Å². The Morgan fingerprint density at radius 2 is 1.98 bits per heavy atom. The zero-order chi connectivity index (χ0) is 31.6. The summed E-state index contributed by atoms with van der Waals surface area (Å²) in [7, 11) is 0. The van der Waals surface area contributed by atoms with Crippen LogP contribution in [0.1, 0.15) is 43.9 Å². The number of hydrogen-bond donors (Lipinski definition) is 1. The van der Waals surface area contributed by atoms with Crippen LogP contribution in [0.4, 0.5) is 42.4 Å². The Hall–Kier alpha value is -3.69. The first-order chi connectivity index (χ1) is 20.8. The first kappa shape index (κ1) is 30.3. The van der Waals surface area contributed by atoms with Gasteiger partial charge in [-0.1, -0.05) is 6.92 Å². The van der Waals surface area contributed by atoms with E-state index in [9.17, 15) is 26.3 Å². The van der Waals surface area contributed by atoms with Crippen molar-refractivity contribution in [2.24, 2.45) is 0 Å². The number of aromatic nitrogens is 4. The number of hydrogen-bond acceptors (Lipinski definition) is 9. The van der Waals surface area contributed by atoms with Crippen molar-refractivity contribution >= 4 is 22.5 Å². The normalized spacial score (nSPS) is 23.7. The molecule has 238 valence electrons. The molecule has 44 heavy (non-hydrogen) atoms. The van der Waals surface area contributed by atoms with E-state index in [2.05, 4.69) is 19.9 Å². The highest BCUT2D eigenvalue weighted by atomic mass is 19.4. The number of fused-ring (bicyclic) bond motifs is 1. The molecule has 3 aliphatic heterocycles. The lowest BCUT2D eigenvalue weighted by atomic mass is 9.95. The molecular formula is C28H30F7N7O2. The summed E-state index contributed by atoms with van der Waals surface area (Å²) in [5.74, 6) is -2.07. The summed E-state index contributed by atoms with van der Waals surface area (Å²) < 4.78 is 113. The van der Waals surface area contributed by atoms with Gasteiger partial charge in [0, 0.05) is 18.5 Å². The van der Waals surface area contributed by atoms with Gasteiger partial charge in [0.1, 0.15) is 47.6 Å². The van der Waals surface area contributed by atoms with E-state index in [4.69, 9.17) is 15.2 Å². The van der Waals surface area contributed by atoms with Gasteiger partial charge in [0.15, 0.2) is 5.82 Å². The maximum absolute atomic E-state index is 16.5. The SMILES string of the molecule is CC[C@H]1COc2nc(-c3cc(N)nc(C)c3C(F)(F)F)c(F)c3nc(OC[C@@]45CCCN4CC(F)C5)nc(c23)N1CC(F)F. The molecule has 2 N–H and O–H groups in total. The van der Waals surface area contributed by atoms with E-state index in [1.807, 2.05) is 4.90 Å². The van der Waals surface area contributed by atoms with Gasteiger partial charge < -0.3 is 20.1 Å². The monoisotopic (exact) mass is 629 g/mol. The molecule has 1 unspecified atom stereocenters. The van der Waals surface area contributed by atoms with Crippen LogP contribution < -0.4 is 20.1 Å². The summed E-state index contributed by atoms with van der Waals surface area (Å²) in [6.45, 7) is 2.70. The molecule has 6 rings (SSSR count). The topological polar surface area (TPSA) is 103 Å². The Balaban J connectivity index is 1.56. The molecule has 0 spiro atoms. The molecule has 2 saturated heterocycles. The molecule has 6 heterocycles. The van der Waals surface area contributed by atoms with Crippen molar-refractivity contribution in [1.82, 2.24) is 24.8 Å². The van der Waals surface area contributed by atoms with Crippen LogP contribution in [0, 0.1) is 12.7 Å². The summed E-state index contributed by atoms with van der Waals surface area (Å²) in [6, 6.07) is -0.211. The second-order valence-electron chi connectivity index (χ2n) is 11.5. The highest BCUT2D eigenvalue weighted by Crippen LogP contribution is 2.45. The van der Waals surface area contributed by atoms with E-state index >= 15 is 4.39 Å². The number of ether oxygens (including phenoxy) is 2. The van der Waals surface area contributed by atoms with Gasteiger partial charge in [-0.15, -0.1) is 0 Å². The number of pyridine rings is 2. The minimum absolute atomic E-state index is 0.0500. The first-order valence-corrected chi connectivity index (χ1v) is 14.3. The molecule has 9 nitrogen and oxygen atoms in total. The van der Waals surface area contributed by atoms with Crippen LogP contribution in [0.25, 0.3) is 22.2 Å². The Labute approximate surface area is 247 Å². The van der Waals surface area contributed by atoms with E-state index in [1.165, 1.54) is 4.90 Å². The predicted molar refractivity (Wildman–Crippen MR) is 146 cm³/mol. The second kappa shape index (κ2) is 11.0. The Bertz CT molecular complexity index is 1590. The Morgan fingerprint density at radius 3 is 2.68 bits per heavy atom. The van der Waals surface area contributed by atoms with E-state index in [1.54, 1.807) is 6.92 Å². The van der Waals surface area contributed by atoms with Gasteiger partial charge in [0.05, 0.1) is 29.4 Å². The van der Waals surface area contributed by atoms with Gasteiger partial charge >= 0.3 is 12.2 Å². The summed E-state index contributed by atoms with van der Waals surface area (Å²) in [4.78, 5) is 19.7. The van der Waals surface area contributed by atoms with Gasteiger partial charge in [0.25, 0.3) is 6.43 Å². The summed E-state index contributed by atoms with van der Waals surface area (Å²) >= 11 is 0. The fourth-order valence-electron chi connectivity index (χ4n) is 6.71. The minimum Gasteiger partial charge on any atom is -0.475 e. The van der Waals surface area contributed by atoms with Gasteiger partial charge in [-0.3, -0.25) is 4.90 Å². The molecule has 16 heteroatoms. The largest absolute Gasteiger partial charge is 0.475 e.